The van der Waals surface area contributed by atoms with Gasteiger partial charge in [-0.1, -0.05) is 36.4 Å². The smallest absolute Gasteiger partial charge is 0.355 e. The van der Waals surface area contributed by atoms with Gasteiger partial charge in [-0.05, 0) is 48.4 Å². The van der Waals surface area contributed by atoms with Crippen LogP contribution in [0.25, 0.3) is 33.1 Å². The number of aromatic nitrogens is 3. The molecule has 11 nitrogen and oxygen atoms in total. The van der Waals surface area contributed by atoms with Crippen molar-refractivity contribution in [3.05, 3.63) is 95.7 Å². The van der Waals surface area contributed by atoms with Gasteiger partial charge in [-0.15, -0.1) is 0 Å². The van der Waals surface area contributed by atoms with Crippen molar-refractivity contribution in [1.82, 2.24) is 13.3 Å². The van der Waals surface area contributed by atoms with Crippen LogP contribution in [0.1, 0.15) is 28.5 Å². The Balaban J connectivity index is 1.62. The molecule has 0 spiro atoms. The molecule has 2 heterocycles. The van der Waals surface area contributed by atoms with Gasteiger partial charge in [0.05, 0.1) is 38.1 Å². The number of fused-ring (bicyclic) bond motifs is 2. The maximum Gasteiger partial charge on any atom is 0.355 e. The van der Waals surface area contributed by atoms with E-state index in [-0.39, 0.29) is 24.6 Å². The van der Waals surface area contributed by atoms with Gasteiger partial charge in [0.1, 0.15) is 34.8 Å². The second-order valence-corrected chi connectivity index (χ2v) is 11.0. The lowest BCUT2D eigenvalue weighted by atomic mass is 10.00. The molecule has 0 radical (unpaired) electrons. The molecule has 0 saturated carbocycles. The number of carbonyl (C=O) groups is 2. The molecule has 6 aromatic rings. The standard InChI is InChI=1S/C35H31N3O8S/c1-4-44-35(41)34-33(24-12-11-23(42-2)15-29(24)46-20-32(39)40)25-16-30(43-3)31(45-19-21-8-6-5-7-9-21)17-28(25)38(34)18-22-10-13-26-27(14-22)37-47-36-26/h5-17H,4,18-20H2,1-3H3,(H,39,40). The van der Waals surface area contributed by atoms with Crippen LogP contribution in [0.15, 0.2) is 78.9 Å². The van der Waals surface area contributed by atoms with E-state index in [1.165, 1.54) is 7.11 Å². The molecule has 0 saturated heterocycles. The molecule has 0 aliphatic rings. The van der Waals surface area contributed by atoms with Crippen LogP contribution >= 0.6 is 11.7 Å². The first-order chi connectivity index (χ1) is 22.9. The average molecular weight is 654 g/mol. The fourth-order valence-corrected chi connectivity index (χ4v) is 5.93. The van der Waals surface area contributed by atoms with Crippen molar-refractivity contribution in [2.45, 2.75) is 20.1 Å². The minimum Gasteiger partial charge on any atom is -0.497 e. The van der Waals surface area contributed by atoms with Crippen LogP contribution in [0.4, 0.5) is 0 Å². The summed E-state index contributed by atoms with van der Waals surface area (Å²) in [7, 11) is 3.05. The quantitative estimate of drug-likeness (QED) is 0.136. The van der Waals surface area contributed by atoms with E-state index in [2.05, 4.69) is 8.75 Å². The Morgan fingerprint density at radius 3 is 2.38 bits per heavy atom. The summed E-state index contributed by atoms with van der Waals surface area (Å²) in [6.45, 7) is 1.83. The van der Waals surface area contributed by atoms with Crippen LogP contribution in [0.5, 0.6) is 23.0 Å². The number of hydrogen-bond acceptors (Lipinski definition) is 10. The van der Waals surface area contributed by atoms with Crippen molar-refractivity contribution < 1.29 is 38.4 Å². The number of carbonyl (C=O) groups excluding carboxylic acids is 1. The fraction of sp³-hybridized carbons (Fsp3) is 0.200. The third-order valence-electron chi connectivity index (χ3n) is 7.52. The number of carboxylic acids is 1. The van der Waals surface area contributed by atoms with Gasteiger partial charge < -0.3 is 33.4 Å². The highest BCUT2D eigenvalue weighted by molar-refractivity contribution is 7.00. The van der Waals surface area contributed by atoms with Gasteiger partial charge in [-0.25, -0.2) is 9.59 Å². The van der Waals surface area contributed by atoms with Gasteiger partial charge in [-0.3, -0.25) is 0 Å². The number of rotatable bonds is 13. The normalized spacial score (nSPS) is 11.0. The zero-order valence-electron chi connectivity index (χ0n) is 25.9. The number of esters is 1. The summed E-state index contributed by atoms with van der Waals surface area (Å²) in [5.41, 5.74) is 5.22. The van der Waals surface area contributed by atoms with Gasteiger partial charge >= 0.3 is 11.9 Å². The zero-order chi connectivity index (χ0) is 32.9. The first kappa shape index (κ1) is 31.4. The molecule has 0 aliphatic heterocycles. The number of hydrogen-bond donors (Lipinski definition) is 1. The van der Waals surface area contributed by atoms with Crippen molar-refractivity contribution in [3.63, 3.8) is 0 Å². The molecular formula is C35H31N3O8S. The summed E-state index contributed by atoms with van der Waals surface area (Å²) in [6.07, 6.45) is 0. The van der Waals surface area contributed by atoms with E-state index in [0.717, 1.165) is 33.9 Å². The van der Waals surface area contributed by atoms with Crippen LogP contribution in [0.2, 0.25) is 0 Å². The van der Waals surface area contributed by atoms with Gasteiger partial charge in [0.2, 0.25) is 0 Å². The highest BCUT2D eigenvalue weighted by Crippen LogP contribution is 2.45. The summed E-state index contributed by atoms with van der Waals surface area (Å²) in [5, 5.41) is 10.1. The minimum atomic E-state index is -1.15. The van der Waals surface area contributed by atoms with E-state index in [4.69, 9.17) is 23.7 Å². The molecule has 47 heavy (non-hydrogen) atoms. The third-order valence-corrected chi connectivity index (χ3v) is 8.08. The summed E-state index contributed by atoms with van der Waals surface area (Å²) < 4.78 is 39.5. The second kappa shape index (κ2) is 13.8. The Kier molecular flexibility index (Phi) is 9.20. The maximum atomic E-state index is 14.0. The van der Waals surface area contributed by atoms with E-state index in [0.29, 0.717) is 45.9 Å². The molecule has 6 rings (SSSR count). The Morgan fingerprint density at radius 1 is 0.830 bits per heavy atom. The van der Waals surface area contributed by atoms with Gasteiger partial charge in [0, 0.05) is 35.2 Å². The number of ether oxygens (including phenoxy) is 5. The second-order valence-electron chi connectivity index (χ2n) is 10.5. The van der Waals surface area contributed by atoms with E-state index < -0.39 is 18.5 Å². The molecule has 4 aromatic carbocycles. The van der Waals surface area contributed by atoms with E-state index in [9.17, 15) is 14.7 Å². The summed E-state index contributed by atoms with van der Waals surface area (Å²) in [5.74, 6) is -0.134. The summed E-state index contributed by atoms with van der Waals surface area (Å²) in [4.78, 5) is 25.5. The highest BCUT2D eigenvalue weighted by Gasteiger charge is 2.29. The Morgan fingerprint density at radius 2 is 1.64 bits per heavy atom. The Labute approximate surface area is 274 Å². The number of carboxylic acid groups (broad SMARTS) is 1. The van der Waals surface area contributed by atoms with E-state index in [1.54, 1.807) is 32.2 Å². The van der Waals surface area contributed by atoms with Gasteiger partial charge in [-0.2, -0.15) is 8.75 Å². The van der Waals surface area contributed by atoms with Crippen molar-refractivity contribution in [2.75, 3.05) is 27.4 Å². The molecule has 0 atom stereocenters. The van der Waals surface area contributed by atoms with E-state index in [1.807, 2.05) is 65.2 Å². The average Bonchev–Trinajstić information content (AvgIpc) is 3.68. The van der Waals surface area contributed by atoms with Crippen LogP contribution in [-0.2, 0) is 22.7 Å². The molecule has 240 valence electrons. The molecule has 1 N–H and O–H groups in total. The van der Waals surface area contributed by atoms with Crippen LogP contribution in [0, 0.1) is 0 Å². The maximum absolute atomic E-state index is 14.0. The lowest BCUT2D eigenvalue weighted by Crippen LogP contribution is -2.15. The molecular weight excluding hydrogens is 622 g/mol. The Bertz CT molecular complexity index is 2070. The largest absolute Gasteiger partial charge is 0.497 e. The first-order valence-electron chi connectivity index (χ1n) is 14.7. The fourth-order valence-electron chi connectivity index (χ4n) is 5.42. The molecule has 0 aliphatic carbocycles. The molecule has 2 aromatic heterocycles. The van der Waals surface area contributed by atoms with Gasteiger partial charge in [0.25, 0.3) is 0 Å². The SMILES string of the molecule is CCOC(=O)c1c(-c2ccc(OC)cc2OCC(=O)O)c2cc(OC)c(OCc3ccccc3)cc2n1Cc1ccc2nsnc2c1. The Hall–Kier alpha value is -5.62. The summed E-state index contributed by atoms with van der Waals surface area (Å²) >= 11 is 1.13. The third kappa shape index (κ3) is 6.54. The molecule has 0 bridgehead atoms. The van der Waals surface area contributed by atoms with Crippen LogP contribution in [-0.4, -0.2) is 57.8 Å². The van der Waals surface area contributed by atoms with Crippen LogP contribution < -0.4 is 18.9 Å². The number of aliphatic carboxylic acids is 1. The van der Waals surface area contributed by atoms with Crippen molar-refractivity contribution in [1.29, 1.82) is 0 Å². The molecule has 0 fully saturated rings. The first-order valence-corrected chi connectivity index (χ1v) is 15.5. The van der Waals surface area contributed by atoms with Crippen molar-refractivity contribution >= 4 is 45.6 Å². The number of methoxy groups -OCH3 is 2. The zero-order valence-corrected chi connectivity index (χ0v) is 26.7. The monoisotopic (exact) mass is 653 g/mol. The minimum absolute atomic E-state index is 0.135. The summed E-state index contributed by atoms with van der Waals surface area (Å²) in [6, 6.07) is 24.2. The van der Waals surface area contributed by atoms with Crippen molar-refractivity contribution in [3.8, 4) is 34.1 Å². The highest BCUT2D eigenvalue weighted by atomic mass is 32.1. The molecule has 12 heteroatoms. The predicted molar refractivity (Wildman–Crippen MR) is 177 cm³/mol. The lowest BCUT2D eigenvalue weighted by Gasteiger charge is -2.15. The topological polar surface area (TPSA) is 131 Å². The predicted octanol–water partition coefficient (Wildman–Crippen LogP) is 6.60. The number of benzene rings is 4. The van der Waals surface area contributed by atoms with Gasteiger partial charge in [0.15, 0.2) is 18.1 Å². The van der Waals surface area contributed by atoms with Crippen molar-refractivity contribution in [2.24, 2.45) is 0 Å². The lowest BCUT2D eigenvalue weighted by molar-refractivity contribution is -0.139. The van der Waals surface area contributed by atoms with E-state index >= 15 is 0 Å². The number of nitrogens with zero attached hydrogens (tertiary/aromatic N) is 3. The molecule has 0 amide bonds. The van der Waals surface area contributed by atoms with Crippen LogP contribution in [0.3, 0.4) is 0 Å². The molecule has 0 unspecified atom stereocenters.